The summed E-state index contributed by atoms with van der Waals surface area (Å²) in [6, 6.07) is 12.9. The highest BCUT2D eigenvalue weighted by Gasteiger charge is 2.05. The van der Waals surface area contributed by atoms with Crippen molar-refractivity contribution >= 4 is 22.1 Å². The van der Waals surface area contributed by atoms with Crippen LogP contribution in [0.2, 0.25) is 0 Å². The zero-order valence-electron chi connectivity index (χ0n) is 8.97. The molecule has 0 amide bonds. The molecule has 0 saturated heterocycles. The van der Waals surface area contributed by atoms with E-state index in [-0.39, 0.29) is 0 Å². The van der Waals surface area contributed by atoms with Crippen LogP contribution in [-0.2, 0) is 0 Å². The largest absolute Gasteiger partial charge is 0.245 e. The lowest BCUT2D eigenvalue weighted by atomic mass is 10.0. The molecule has 3 rings (SSSR count). The number of aryl methyl sites for hydroxylation is 1. The quantitative estimate of drug-likeness (QED) is 0.602. The molecule has 0 saturated carbocycles. The third-order valence-electron chi connectivity index (χ3n) is 2.76. The minimum Gasteiger partial charge on any atom is -0.245 e. The lowest BCUT2D eigenvalue weighted by Crippen LogP contribution is -1.83. The summed E-state index contributed by atoms with van der Waals surface area (Å²) < 4.78 is 0. The standard InChI is InChI=1S/C14H11NS/c1-10-8-11-4-2-3-5-12(11)9-13(10)14-15-6-7-16-14/h2-9H,1H3. The van der Waals surface area contributed by atoms with Gasteiger partial charge in [0.1, 0.15) is 5.01 Å². The number of hydrogen-bond acceptors (Lipinski definition) is 2. The van der Waals surface area contributed by atoms with Crippen LogP contribution in [0.15, 0.2) is 48.0 Å². The van der Waals surface area contributed by atoms with Crippen molar-refractivity contribution in [3.05, 3.63) is 53.5 Å². The summed E-state index contributed by atoms with van der Waals surface area (Å²) in [7, 11) is 0. The number of aromatic nitrogens is 1. The summed E-state index contributed by atoms with van der Waals surface area (Å²) >= 11 is 1.69. The minimum atomic E-state index is 1.10. The number of nitrogens with zero attached hydrogens (tertiary/aromatic N) is 1. The zero-order valence-corrected chi connectivity index (χ0v) is 9.79. The van der Waals surface area contributed by atoms with Gasteiger partial charge in [-0.2, -0.15) is 0 Å². The van der Waals surface area contributed by atoms with E-state index in [2.05, 4.69) is 48.3 Å². The first-order valence-corrected chi connectivity index (χ1v) is 6.12. The summed E-state index contributed by atoms with van der Waals surface area (Å²) in [6.45, 7) is 2.14. The maximum Gasteiger partial charge on any atom is 0.123 e. The van der Waals surface area contributed by atoms with Crippen molar-refractivity contribution in [2.24, 2.45) is 0 Å². The Hall–Kier alpha value is -1.67. The molecule has 1 aromatic heterocycles. The molecule has 0 N–H and O–H groups in total. The van der Waals surface area contributed by atoms with Gasteiger partial charge in [-0.1, -0.05) is 30.3 Å². The van der Waals surface area contributed by atoms with E-state index in [1.54, 1.807) is 11.3 Å². The van der Waals surface area contributed by atoms with Gasteiger partial charge in [0.15, 0.2) is 0 Å². The van der Waals surface area contributed by atoms with E-state index in [9.17, 15) is 0 Å². The second-order valence-corrected chi connectivity index (χ2v) is 4.75. The molecule has 0 aliphatic carbocycles. The minimum absolute atomic E-state index is 1.10. The van der Waals surface area contributed by atoms with Gasteiger partial charge in [-0.05, 0) is 29.3 Å². The summed E-state index contributed by atoms with van der Waals surface area (Å²) in [5, 5.41) is 5.69. The number of rotatable bonds is 1. The predicted molar refractivity (Wildman–Crippen MR) is 69.8 cm³/mol. The summed E-state index contributed by atoms with van der Waals surface area (Å²) in [6.07, 6.45) is 1.86. The highest BCUT2D eigenvalue weighted by molar-refractivity contribution is 7.13. The van der Waals surface area contributed by atoms with Gasteiger partial charge >= 0.3 is 0 Å². The van der Waals surface area contributed by atoms with Gasteiger partial charge in [0, 0.05) is 17.1 Å². The molecule has 0 atom stereocenters. The first kappa shape index (κ1) is 9.55. The molecule has 0 spiro atoms. The molecule has 0 aliphatic rings. The molecule has 2 aromatic carbocycles. The van der Waals surface area contributed by atoms with Crippen LogP contribution < -0.4 is 0 Å². The summed E-state index contributed by atoms with van der Waals surface area (Å²) in [4.78, 5) is 4.37. The van der Waals surface area contributed by atoms with Gasteiger partial charge in [0.2, 0.25) is 0 Å². The van der Waals surface area contributed by atoms with E-state index in [0.29, 0.717) is 0 Å². The van der Waals surface area contributed by atoms with Crippen LogP contribution in [0.1, 0.15) is 5.56 Å². The van der Waals surface area contributed by atoms with Gasteiger partial charge in [-0.15, -0.1) is 11.3 Å². The van der Waals surface area contributed by atoms with E-state index < -0.39 is 0 Å². The van der Waals surface area contributed by atoms with Crippen molar-refractivity contribution < 1.29 is 0 Å². The van der Waals surface area contributed by atoms with Crippen LogP contribution >= 0.6 is 11.3 Å². The van der Waals surface area contributed by atoms with E-state index >= 15 is 0 Å². The molecule has 3 aromatic rings. The summed E-state index contributed by atoms with van der Waals surface area (Å²) in [5.74, 6) is 0. The normalized spacial score (nSPS) is 10.8. The number of fused-ring (bicyclic) bond motifs is 1. The van der Waals surface area contributed by atoms with Gasteiger partial charge in [0.25, 0.3) is 0 Å². The van der Waals surface area contributed by atoms with Gasteiger partial charge in [-0.3, -0.25) is 0 Å². The van der Waals surface area contributed by atoms with Crippen LogP contribution in [-0.4, -0.2) is 4.98 Å². The van der Waals surface area contributed by atoms with Crippen molar-refractivity contribution in [1.82, 2.24) is 4.98 Å². The predicted octanol–water partition coefficient (Wildman–Crippen LogP) is 4.27. The Labute approximate surface area is 98.4 Å². The smallest absolute Gasteiger partial charge is 0.123 e. The SMILES string of the molecule is Cc1cc2ccccc2cc1-c1nccs1. The van der Waals surface area contributed by atoms with E-state index in [1.165, 1.54) is 21.9 Å². The second kappa shape index (κ2) is 3.72. The van der Waals surface area contributed by atoms with Crippen LogP contribution in [0.3, 0.4) is 0 Å². The lowest BCUT2D eigenvalue weighted by molar-refractivity contribution is 1.39. The van der Waals surface area contributed by atoms with E-state index in [1.807, 2.05) is 11.6 Å². The molecule has 0 bridgehead atoms. The number of thiazole rings is 1. The van der Waals surface area contributed by atoms with Crippen molar-refractivity contribution in [3.63, 3.8) is 0 Å². The average molecular weight is 225 g/mol. The molecule has 0 aliphatic heterocycles. The van der Waals surface area contributed by atoms with E-state index in [4.69, 9.17) is 0 Å². The van der Waals surface area contributed by atoms with Crippen molar-refractivity contribution in [2.75, 3.05) is 0 Å². The van der Waals surface area contributed by atoms with Gasteiger partial charge < -0.3 is 0 Å². The molecular formula is C14H11NS. The van der Waals surface area contributed by atoms with Crippen molar-refractivity contribution in [2.45, 2.75) is 6.92 Å². The van der Waals surface area contributed by atoms with Crippen molar-refractivity contribution in [3.8, 4) is 10.6 Å². The maximum atomic E-state index is 4.37. The Morgan fingerprint density at radius 2 is 1.81 bits per heavy atom. The van der Waals surface area contributed by atoms with Crippen molar-refractivity contribution in [1.29, 1.82) is 0 Å². The molecule has 0 fully saturated rings. The Morgan fingerprint density at radius 1 is 1.06 bits per heavy atom. The van der Waals surface area contributed by atoms with Gasteiger partial charge in [-0.25, -0.2) is 4.98 Å². The first-order valence-electron chi connectivity index (χ1n) is 5.24. The first-order chi connectivity index (χ1) is 7.84. The van der Waals surface area contributed by atoms with Crippen LogP contribution in [0.4, 0.5) is 0 Å². The molecule has 16 heavy (non-hydrogen) atoms. The number of benzene rings is 2. The Balaban J connectivity index is 2.30. The van der Waals surface area contributed by atoms with Gasteiger partial charge in [0.05, 0.1) is 0 Å². The fraction of sp³-hybridized carbons (Fsp3) is 0.0714. The molecule has 1 nitrogen and oxygen atoms in total. The zero-order chi connectivity index (χ0) is 11.0. The molecule has 1 heterocycles. The molecule has 0 radical (unpaired) electrons. The Kier molecular flexibility index (Phi) is 2.22. The summed E-state index contributed by atoms with van der Waals surface area (Å²) in [5.41, 5.74) is 2.53. The average Bonchev–Trinajstić information content (AvgIpc) is 2.81. The Bertz CT molecular complexity index is 626. The third-order valence-corrected chi connectivity index (χ3v) is 3.56. The highest BCUT2D eigenvalue weighted by Crippen LogP contribution is 2.29. The second-order valence-electron chi connectivity index (χ2n) is 3.85. The number of hydrogen-bond donors (Lipinski definition) is 0. The maximum absolute atomic E-state index is 4.37. The molecular weight excluding hydrogens is 214 g/mol. The van der Waals surface area contributed by atoms with E-state index in [0.717, 1.165) is 5.01 Å². The molecule has 78 valence electrons. The Morgan fingerprint density at radius 3 is 2.50 bits per heavy atom. The van der Waals surface area contributed by atoms with Crippen LogP contribution in [0.5, 0.6) is 0 Å². The lowest BCUT2D eigenvalue weighted by Gasteiger charge is -2.05. The fourth-order valence-electron chi connectivity index (χ4n) is 1.94. The molecule has 2 heteroatoms. The third kappa shape index (κ3) is 1.51. The monoisotopic (exact) mass is 225 g/mol. The molecule has 0 unspecified atom stereocenters. The van der Waals surface area contributed by atoms with Crippen LogP contribution in [0.25, 0.3) is 21.3 Å². The topological polar surface area (TPSA) is 12.9 Å². The van der Waals surface area contributed by atoms with Crippen LogP contribution in [0, 0.1) is 6.92 Å². The fourth-order valence-corrected chi connectivity index (χ4v) is 2.66. The highest BCUT2D eigenvalue weighted by atomic mass is 32.1.